The van der Waals surface area contributed by atoms with Gasteiger partial charge in [0.05, 0.1) is 6.10 Å². The largest absolute Gasteiger partial charge is 0.393 e. The van der Waals surface area contributed by atoms with Gasteiger partial charge in [0.2, 0.25) is 0 Å². The molecule has 1 aliphatic carbocycles. The predicted molar refractivity (Wildman–Crippen MR) is 76.0 cm³/mol. The minimum Gasteiger partial charge on any atom is -0.393 e. The second-order valence-electron chi connectivity index (χ2n) is 6.20. The van der Waals surface area contributed by atoms with E-state index in [0.29, 0.717) is 12.0 Å². The van der Waals surface area contributed by atoms with E-state index in [9.17, 15) is 9.90 Å². The van der Waals surface area contributed by atoms with Crippen LogP contribution >= 0.6 is 0 Å². The van der Waals surface area contributed by atoms with Gasteiger partial charge in [-0.2, -0.15) is 0 Å². The zero-order chi connectivity index (χ0) is 13.7. The Hall–Kier alpha value is -0.770. The van der Waals surface area contributed by atoms with Gasteiger partial charge in [-0.15, -0.1) is 0 Å². The lowest BCUT2D eigenvalue weighted by molar-refractivity contribution is 0.0792. The molecule has 4 heteroatoms. The molecule has 2 rings (SSSR count). The Kier molecular flexibility index (Phi) is 5.49. The van der Waals surface area contributed by atoms with Crippen molar-refractivity contribution in [3.8, 4) is 0 Å². The van der Waals surface area contributed by atoms with Crippen molar-refractivity contribution in [2.45, 2.75) is 70.4 Å². The van der Waals surface area contributed by atoms with E-state index >= 15 is 0 Å². The molecular weight excluding hydrogens is 240 g/mol. The average molecular weight is 268 g/mol. The second kappa shape index (κ2) is 7.13. The van der Waals surface area contributed by atoms with E-state index in [4.69, 9.17) is 0 Å². The fraction of sp³-hybridized carbons (Fsp3) is 0.933. The first-order chi connectivity index (χ1) is 9.16. The van der Waals surface area contributed by atoms with E-state index in [1.807, 2.05) is 11.8 Å². The van der Waals surface area contributed by atoms with Crippen LogP contribution in [0.1, 0.15) is 58.3 Å². The molecule has 0 radical (unpaired) electrons. The van der Waals surface area contributed by atoms with Gasteiger partial charge in [-0.05, 0) is 38.5 Å². The maximum atomic E-state index is 12.2. The van der Waals surface area contributed by atoms with Crippen LogP contribution in [0, 0.1) is 5.92 Å². The first-order valence-corrected chi connectivity index (χ1v) is 7.90. The van der Waals surface area contributed by atoms with Crippen molar-refractivity contribution in [3.63, 3.8) is 0 Å². The molecular formula is C15H28N2O2. The number of likely N-dealkylation sites (tertiary alicyclic amines) is 1. The summed E-state index contributed by atoms with van der Waals surface area (Å²) in [6.45, 7) is 3.42. The van der Waals surface area contributed by atoms with Gasteiger partial charge < -0.3 is 15.3 Å². The van der Waals surface area contributed by atoms with Crippen molar-refractivity contribution >= 4 is 6.03 Å². The molecule has 1 unspecified atom stereocenters. The standard InChI is InChI=1S/C15H28N2O2/c1-12(18)13-8-10-17(11-9-13)15(19)16-14-6-4-2-3-5-7-14/h12-14,18H,2-11H2,1H3,(H,16,19). The number of carbonyl (C=O) groups is 1. The molecule has 2 amide bonds. The van der Waals surface area contributed by atoms with Crippen LogP contribution in [0.5, 0.6) is 0 Å². The molecule has 110 valence electrons. The molecule has 19 heavy (non-hydrogen) atoms. The van der Waals surface area contributed by atoms with Crippen LogP contribution in [0.15, 0.2) is 0 Å². The van der Waals surface area contributed by atoms with Crippen LogP contribution in [-0.2, 0) is 0 Å². The van der Waals surface area contributed by atoms with Gasteiger partial charge in [0.15, 0.2) is 0 Å². The molecule has 1 saturated heterocycles. The number of nitrogens with one attached hydrogen (secondary N) is 1. The summed E-state index contributed by atoms with van der Waals surface area (Å²) < 4.78 is 0. The normalized spacial score (nSPS) is 24.8. The molecule has 2 aliphatic rings. The van der Waals surface area contributed by atoms with E-state index in [-0.39, 0.29) is 12.1 Å². The smallest absolute Gasteiger partial charge is 0.317 e. The minimum absolute atomic E-state index is 0.107. The van der Waals surface area contributed by atoms with E-state index in [1.54, 1.807) is 0 Å². The Morgan fingerprint density at radius 1 is 1.11 bits per heavy atom. The van der Waals surface area contributed by atoms with Crippen LogP contribution in [0.25, 0.3) is 0 Å². The summed E-state index contributed by atoms with van der Waals surface area (Å²) in [4.78, 5) is 14.1. The topological polar surface area (TPSA) is 52.6 Å². The Labute approximate surface area is 116 Å². The van der Waals surface area contributed by atoms with Crippen molar-refractivity contribution < 1.29 is 9.90 Å². The molecule has 1 atom stereocenters. The number of aliphatic hydroxyl groups excluding tert-OH is 1. The van der Waals surface area contributed by atoms with Crippen LogP contribution in [0.3, 0.4) is 0 Å². The quantitative estimate of drug-likeness (QED) is 0.756. The van der Waals surface area contributed by atoms with Crippen molar-refractivity contribution in [1.82, 2.24) is 10.2 Å². The lowest BCUT2D eigenvalue weighted by Crippen LogP contribution is -2.48. The average Bonchev–Trinajstić information content (AvgIpc) is 2.67. The fourth-order valence-electron chi connectivity index (χ4n) is 3.27. The fourth-order valence-corrected chi connectivity index (χ4v) is 3.27. The third-order valence-corrected chi connectivity index (χ3v) is 4.69. The van der Waals surface area contributed by atoms with Crippen molar-refractivity contribution in [3.05, 3.63) is 0 Å². The van der Waals surface area contributed by atoms with Gasteiger partial charge in [-0.25, -0.2) is 4.79 Å². The molecule has 0 bridgehead atoms. The number of carbonyl (C=O) groups excluding carboxylic acids is 1. The summed E-state index contributed by atoms with van der Waals surface area (Å²) in [5, 5.41) is 12.8. The highest BCUT2D eigenvalue weighted by atomic mass is 16.3. The van der Waals surface area contributed by atoms with E-state index in [2.05, 4.69) is 5.32 Å². The van der Waals surface area contributed by atoms with E-state index < -0.39 is 0 Å². The highest BCUT2D eigenvalue weighted by Crippen LogP contribution is 2.21. The first kappa shape index (κ1) is 14.6. The van der Waals surface area contributed by atoms with Crippen molar-refractivity contribution in [2.24, 2.45) is 5.92 Å². The van der Waals surface area contributed by atoms with Gasteiger partial charge >= 0.3 is 6.03 Å². The lowest BCUT2D eigenvalue weighted by Gasteiger charge is -2.34. The second-order valence-corrected chi connectivity index (χ2v) is 6.20. The molecule has 2 fully saturated rings. The minimum atomic E-state index is -0.243. The van der Waals surface area contributed by atoms with Gasteiger partial charge in [0.25, 0.3) is 0 Å². The number of urea groups is 1. The molecule has 0 spiro atoms. The third kappa shape index (κ3) is 4.37. The summed E-state index contributed by atoms with van der Waals surface area (Å²) in [6.07, 6.45) is 8.99. The molecule has 2 N–H and O–H groups in total. The number of piperidine rings is 1. The summed E-state index contributed by atoms with van der Waals surface area (Å²) >= 11 is 0. The van der Waals surface area contributed by atoms with Gasteiger partial charge in [0, 0.05) is 19.1 Å². The van der Waals surface area contributed by atoms with Crippen molar-refractivity contribution in [1.29, 1.82) is 0 Å². The van der Waals surface area contributed by atoms with Crippen LogP contribution in [-0.4, -0.2) is 41.3 Å². The zero-order valence-corrected chi connectivity index (χ0v) is 12.1. The SMILES string of the molecule is CC(O)C1CCN(C(=O)NC2CCCCCC2)CC1. The number of nitrogens with zero attached hydrogens (tertiary/aromatic N) is 1. The van der Waals surface area contributed by atoms with Crippen LogP contribution in [0.2, 0.25) is 0 Å². The third-order valence-electron chi connectivity index (χ3n) is 4.69. The van der Waals surface area contributed by atoms with Crippen LogP contribution in [0.4, 0.5) is 4.79 Å². The number of aliphatic hydroxyl groups is 1. The van der Waals surface area contributed by atoms with Gasteiger partial charge in [-0.1, -0.05) is 25.7 Å². The molecule has 0 aromatic rings. The Bertz CT molecular complexity index is 278. The highest BCUT2D eigenvalue weighted by Gasteiger charge is 2.26. The lowest BCUT2D eigenvalue weighted by atomic mass is 9.92. The first-order valence-electron chi connectivity index (χ1n) is 7.90. The summed E-state index contributed by atoms with van der Waals surface area (Å²) in [7, 11) is 0. The number of hydrogen-bond donors (Lipinski definition) is 2. The van der Waals surface area contributed by atoms with Gasteiger partial charge in [0.1, 0.15) is 0 Å². The monoisotopic (exact) mass is 268 g/mol. The maximum absolute atomic E-state index is 12.2. The summed E-state index contributed by atoms with van der Waals surface area (Å²) in [5.41, 5.74) is 0. The van der Waals surface area contributed by atoms with Crippen LogP contribution < -0.4 is 5.32 Å². The molecule has 4 nitrogen and oxygen atoms in total. The summed E-state index contributed by atoms with van der Waals surface area (Å²) in [5.74, 6) is 0.363. The van der Waals surface area contributed by atoms with E-state index in [1.165, 1.54) is 25.7 Å². The number of rotatable bonds is 2. The molecule has 0 aromatic heterocycles. The maximum Gasteiger partial charge on any atom is 0.317 e. The molecule has 1 saturated carbocycles. The van der Waals surface area contributed by atoms with Crippen molar-refractivity contribution in [2.75, 3.05) is 13.1 Å². The Balaban J connectivity index is 1.74. The van der Waals surface area contributed by atoms with Gasteiger partial charge in [-0.3, -0.25) is 0 Å². The Morgan fingerprint density at radius 3 is 2.21 bits per heavy atom. The number of amides is 2. The molecule has 1 heterocycles. The molecule has 0 aromatic carbocycles. The highest BCUT2D eigenvalue weighted by molar-refractivity contribution is 5.74. The molecule has 1 aliphatic heterocycles. The zero-order valence-electron chi connectivity index (χ0n) is 12.1. The summed E-state index contributed by atoms with van der Waals surface area (Å²) in [6, 6.07) is 0.487. The number of hydrogen-bond acceptors (Lipinski definition) is 2. The Morgan fingerprint density at radius 2 is 1.68 bits per heavy atom. The predicted octanol–water partition coefficient (Wildman–Crippen LogP) is 2.51. The van der Waals surface area contributed by atoms with E-state index in [0.717, 1.165) is 38.8 Å².